The smallest absolute Gasteiger partial charge is 0.307 e. The number of esters is 1. The summed E-state index contributed by atoms with van der Waals surface area (Å²) in [5.74, 6) is -2.03. The molecular weight excluding hydrogens is 148 g/mol. The molecule has 0 aromatic rings. The van der Waals surface area contributed by atoms with Gasteiger partial charge in [0.2, 0.25) is 0 Å². The first-order chi connectivity index (χ1) is 5.11. The minimum Gasteiger partial charge on any atom is -0.481 e. The molecule has 0 amide bonds. The van der Waals surface area contributed by atoms with Crippen molar-refractivity contribution in [3.05, 3.63) is 0 Å². The van der Waals surface area contributed by atoms with E-state index in [2.05, 4.69) is 4.74 Å². The lowest BCUT2D eigenvalue weighted by Crippen LogP contribution is -2.17. The molecule has 64 valence electrons. The van der Waals surface area contributed by atoms with E-state index in [9.17, 15) is 9.59 Å². The Balaban J connectivity index is 3.88. The van der Waals surface area contributed by atoms with E-state index < -0.39 is 17.9 Å². The number of ether oxygens (including phenoxy) is 1. The van der Waals surface area contributed by atoms with Gasteiger partial charge >= 0.3 is 11.9 Å². The number of hydrogen-bond donors (Lipinski definition) is 1. The van der Waals surface area contributed by atoms with Gasteiger partial charge in [0.05, 0.1) is 19.4 Å². The maximum Gasteiger partial charge on any atom is 0.307 e. The molecular formula is C7H12O4. The summed E-state index contributed by atoms with van der Waals surface area (Å²) in [4.78, 5) is 21.0. The molecule has 0 aliphatic heterocycles. The number of rotatable bonds is 4. The Morgan fingerprint density at radius 3 is 2.36 bits per heavy atom. The molecule has 0 saturated heterocycles. The molecule has 0 bridgehead atoms. The van der Waals surface area contributed by atoms with E-state index in [1.807, 2.05) is 0 Å². The third kappa shape index (κ3) is 3.60. The van der Waals surface area contributed by atoms with Crippen LogP contribution in [0.1, 0.15) is 19.8 Å². The number of carboxylic acid groups (broad SMARTS) is 1. The van der Waals surface area contributed by atoms with Crippen molar-refractivity contribution in [3.63, 3.8) is 0 Å². The summed E-state index contributed by atoms with van der Waals surface area (Å²) in [7, 11) is 1.25. The molecule has 0 aromatic carbocycles. The lowest BCUT2D eigenvalue weighted by molar-refractivity contribution is -0.149. The van der Waals surface area contributed by atoms with E-state index in [0.717, 1.165) is 0 Å². The average Bonchev–Trinajstić information content (AvgIpc) is 1.99. The summed E-state index contributed by atoms with van der Waals surface area (Å²) in [6, 6.07) is 0. The first kappa shape index (κ1) is 9.94. The van der Waals surface area contributed by atoms with Gasteiger partial charge in [-0.1, -0.05) is 6.92 Å². The second-order valence-corrected chi connectivity index (χ2v) is 2.22. The number of carbonyl (C=O) groups excluding carboxylic acids is 1. The van der Waals surface area contributed by atoms with Crippen molar-refractivity contribution in [1.82, 2.24) is 0 Å². The fourth-order valence-corrected chi connectivity index (χ4v) is 0.691. The molecule has 4 nitrogen and oxygen atoms in total. The van der Waals surface area contributed by atoms with Gasteiger partial charge in [-0.05, 0) is 6.42 Å². The standard InChI is InChI=1S/C7H12O4/c1-3-5(7(9)10)4-6(8)11-2/h5H,3-4H2,1-2H3,(H,9,10)/t5-/m1/s1. The molecule has 0 unspecified atom stereocenters. The molecule has 0 spiro atoms. The highest BCUT2D eigenvalue weighted by Crippen LogP contribution is 2.08. The van der Waals surface area contributed by atoms with Crippen molar-refractivity contribution in [2.24, 2.45) is 5.92 Å². The van der Waals surface area contributed by atoms with Gasteiger partial charge in [-0.3, -0.25) is 9.59 Å². The summed E-state index contributed by atoms with van der Waals surface area (Å²) >= 11 is 0. The molecule has 11 heavy (non-hydrogen) atoms. The van der Waals surface area contributed by atoms with E-state index in [-0.39, 0.29) is 6.42 Å². The van der Waals surface area contributed by atoms with Crippen molar-refractivity contribution in [2.75, 3.05) is 7.11 Å². The van der Waals surface area contributed by atoms with Crippen LogP contribution in [0.15, 0.2) is 0 Å². The van der Waals surface area contributed by atoms with E-state index in [4.69, 9.17) is 5.11 Å². The fourth-order valence-electron chi connectivity index (χ4n) is 0.691. The lowest BCUT2D eigenvalue weighted by atomic mass is 10.0. The number of aliphatic carboxylic acids is 1. The molecule has 1 atom stereocenters. The van der Waals surface area contributed by atoms with Crippen LogP contribution in [-0.2, 0) is 14.3 Å². The third-order valence-corrected chi connectivity index (χ3v) is 1.48. The maximum absolute atomic E-state index is 10.6. The first-order valence-corrected chi connectivity index (χ1v) is 3.41. The van der Waals surface area contributed by atoms with E-state index >= 15 is 0 Å². The van der Waals surface area contributed by atoms with Crippen molar-refractivity contribution < 1.29 is 19.4 Å². The number of methoxy groups -OCH3 is 1. The highest BCUT2D eigenvalue weighted by Gasteiger charge is 2.18. The Hall–Kier alpha value is -1.06. The van der Waals surface area contributed by atoms with Gasteiger partial charge in [0.15, 0.2) is 0 Å². The minimum atomic E-state index is -0.946. The quantitative estimate of drug-likeness (QED) is 0.613. The SMILES string of the molecule is CC[C@H](CC(=O)OC)C(=O)O. The van der Waals surface area contributed by atoms with Crippen LogP contribution in [0.2, 0.25) is 0 Å². The molecule has 0 aromatic heterocycles. The van der Waals surface area contributed by atoms with Gasteiger partial charge in [-0.15, -0.1) is 0 Å². The van der Waals surface area contributed by atoms with Gasteiger partial charge in [0.25, 0.3) is 0 Å². The van der Waals surface area contributed by atoms with Gasteiger partial charge in [0.1, 0.15) is 0 Å². The third-order valence-electron chi connectivity index (χ3n) is 1.48. The number of hydrogen-bond acceptors (Lipinski definition) is 3. The van der Waals surface area contributed by atoms with Crippen LogP contribution in [-0.4, -0.2) is 24.2 Å². The number of carbonyl (C=O) groups is 2. The lowest BCUT2D eigenvalue weighted by Gasteiger charge is -2.06. The van der Waals surface area contributed by atoms with Crippen molar-refractivity contribution >= 4 is 11.9 Å². The molecule has 0 radical (unpaired) electrons. The topological polar surface area (TPSA) is 63.6 Å². The average molecular weight is 160 g/mol. The molecule has 0 fully saturated rings. The van der Waals surface area contributed by atoms with Gasteiger partial charge < -0.3 is 9.84 Å². The summed E-state index contributed by atoms with van der Waals surface area (Å²) in [6.45, 7) is 1.72. The zero-order valence-electron chi connectivity index (χ0n) is 6.66. The second kappa shape index (κ2) is 4.71. The van der Waals surface area contributed by atoms with Crippen molar-refractivity contribution in [3.8, 4) is 0 Å². The molecule has 0 heterocycles. The Labute approximate surface area is 65.2 Å². The zero-order valence-corrected chi connectivity index (χ0v) is 6.66. The molecule has 1 N–H and O–H groups in total. The summed E-state index contributed by atoms with van der Waals surface area (Å²) in [6.07, 6.45) is 0.409. The monoisotopic (exact) mass is 160 g/mol. The summed E-state index contributed by atoms with van der Waals surface area (Å²) in [5.41, 5.74) is 0. The van der Waals surface area contributed by atoms with Crippen molar-refractivity contribution in [2.45, 2.75) is 19.8 Å². The normalized spacial score (nSPS) is 12.2. The minimum absolute atomic E-state index is 0.0394. The van der Waals surface area contributed by atoms with Gasteiger partial charge in [0, 0.05) is 0 Å². The molecule has 0 aliphatic carbocycles. The molecule has 0 rings (SSSR count). The Morgan fingerprint density at radius 2 is 2.09 bits per heavy atom. The maximum atomic E-state index is 10.6. The van der Waals surface area contributed by atoms with Crippen LogP contribution >= 0.6 is 0 Å². The highest BCUT2D eigenvalue weighted by molar-refractivity contribution is 5.78. The first-order valence-electron chi connectivity index (χ1n) is 3.41. The van der Waals surface area contributed by atoms with Crippen LogP contribution in [0.4, 0.5) is 0 Å². The highest BCUT2D eigenvalue weighted by atomic mass is 16.5. The zero-order chi connectivity index (χ0) is 8.85. The molecule has 4 heteroatoms. The Bertz CT molecular complexity index is 153. The van der Waals surface area contributed by atoms with E-state index in [1.54, 1.807) is 6.92 Å². The summed E-state index contributed by atoms with van der Waals surface area (Å²) < 4.78 is 4.33. The van der Waals surface area contributed by atoms with Crippen LogP contribution in [0.25, 0.3) is 0 Å². The summed E-state index contributed by atoms with van der Waals surface area (Å²) in [5, 5.41) is 8.51. The predicted molar refractivity (Wildman–Crippen MR) is 38.0 cm³/mol. The number of carboxylic acids is 1. The van der Waals surface area contributed by atoms with Crippen LogP contribution < -0.4 is 0 Å². The van der Waals surface area contributed by atoms with E-state index in [1.165, 1.54) is 7.11 Å². The van der Waals surface area contributed by atoms with Gasteiger partial charge in [-0.25, -0.2) is 0 Å². The molecule has 0 aliphatic rings. The van der Waals surface area contributed by atoms with Crippen LogP contribution in [0, 0.1) is 5.92 Å². The van der Waals surface area contributed by atoms with Crippen LogP contribution in [0.5, 0.6) is 0 Å². The fraction of sp³-hybridized carbons (Fsp3) is 0.714. The van der Waals surface area contributed by atoms with E-state index in [0.29, 0.717) is 6.42 Å². The van der Waals surface area contributed by atoms with Gasteiger partial charge in [-0.2, -0.15) is 0 Å². The van der Waals surface area contributed by atoms with Crippen LogP contribution in [0.3, 0.4) is 0 Å². The Kier molecular flexibility index (Phi) is 4.26. The molecule has 0 saturated carbocycles. The second-order valence-electron chi connectivity index (χ2n) is 2.22. The van der Waals surface area contributed by atoms with Crippen molar-refractivity contribution in [1.29, 1.82) is 0 Å². The Morgan fingerprint density at radius 1 is 1.55 bits per heavy atom. The predicted octanol–water partition coefficient (Wildman–Crippen LogP) is 0.660. The largest absolute Gasteiger partial charge is 0.481 e.